The van der Waals surface area contributed by atoms with E-state index in [-0.39, 0.29) is 0 Å². The summed E-state index contributed by atoms with van der Waals surface area (Å²) < 4.78 is 4.63. The van der Waals surface area contributed by atoms with E-state index in [0.717, 1.165) is 46.0 Å². The standard InChI is InChI=1S/C44H30N4/c1-3-13-29(14-4-1)43-35-19-7-10-20-38(35)45-44(46-43)48-40-22-12-9-18-34(40)37-28-31(24-26-42(37)48)30-23-25-41-36(27-30)33-17-8-11-21-39(33)47(41)32-15-5-2-6-16-32/h1,3-5,7-28H,2,6H2. The van der Waals surface area contributed by atoms with Gasteiger partial charge in [-0.3, -0.25) is 4.57 Å². The van der Waals surface area contributed by atoms with Gasteiger partial charge in [0.05, 0.1) is 33.3 Å². The Labute approximate surface area is 277 Å². The third kappa shape index (κ3) is 4.09. The molecule has 9 aromatic rings. The highest BCUT2D eigenvalue weighted by Crippen LogP contribution is 2.39. The van der Waals surface area contributed by atoms with E-state index in [1.807, 2.05) is 12.1 Å². The van der Waals surface area contributed by atoms with Crippen molar-refractivity contribution < 1.29 is 0 Å². The highest BCUT2D eigenvalue weighted by molar-refractivity contribution is 6.13. The maximum absolute atomic E-state index is 5.24. The molecule has 0 fully saturated rings. The van der Waals surface area contributed by atoms with Crippen molar-refractivity contribution in [3.63, 3.8) is 0 Å². The summed E-state index contributed by atoms with van der Waals surface area (Å²) >= 11 is 0. The van der Waals surface area contributed by atoms with Crippen molar-refractivity contribution in [2.75, 3.05) is 0 Å². The maximum Gasteiger partial charge on any atom is 0.235 e. The molecule has 10 rings (SSSR count). The fourth-order valence-corrected chi connectivity index (χ4v) is 7.54. The van der Waals surface area contributed by atoms with Gasteiger partial charge in [-0.1, -0.05) is 109 Å². The van der Waals surface area contributed by atoms with Gasteiger partial charge in [-0.15, -0.1) is 0 Å². The Morgan fingerprint density at radius 2 is 1.02 bits per heavy atom. The van der Waals surface area contributed by atoms with E-state index < -0.39 is 0 Å². The number of hydrogen-bond donors (Lipinski definition) is 0. The number of rotatable bonds is 4. The zero-order valence-electron chi connectivity index (χ0n) is 26.2. The molecule has 4 heteroatoms. The minimum Gasteiger partial charge on any atom is -0.310 e. The molecule has 0 atom stereocenters. The van der Waals surface area contributed by atoms with Crippen LogP contribution < -0.4 is 0 Å². The monoisotopic (exact) mass is 614 g/mol. The van der Waals surface area contributed by atoms with Gasteiger partial charge >= 0.3 is 0 Å². The van der Waals surface area contributed by atoms with Gasteiger partial charge in [0, 0.05) is 38.2 Å². The SMILES string of the molecule is C1=CC(n2c3ccccc3c3cc(-c4ccc5c(c4)c4ccccc4n5-c4nc(-c5ccccc5)c5ccccc5n4)ccc32)=CCC1. The fourth-order valence-electron chi connectivity index (χ4n) is 7.54. The van der Waals surface area contributed by atoms with E-state index in [0.29, 0.717) is 5.95 Å². The van der Waals surface area contributed by atoms with Crippen LogP contribution >= 0.6 is 0 Å². The zero-order chi connectivity index (χ0) is 31.6. The van der Waals surface area contributed by atoms with Gasteiger partial charge in [0.15, 0.2) is 0 Å². The molecular weight excluding hydrogens is 585 g/mol. The van der Waals surface area contributed by atoms with Crippen LogP contribution in [-0.4, -0.2) is 19.1 Å². The van der Waals surface area contributed by atoms with Crippen molar-refractivity contribution in [3.8, 4) is 28.3 Å². The van der Waals surface area contributed by atoms with Crippen molar-refractivity contribution in [2.24, 2.45) is 0 Å². The Morgan fingerprint density at radius 3 is 1.71 bits per heavy atom. The summed E-state index contributed by atoms with van der Waals surface area (Å²) in [4.78, 5) is 10.4. The summed E-state index contributed by atoms with van der Waals surface area (Å²) in [5.74, 6) is 0.673. The number of hydrogen-bond acceptors (Lipinski definition) is 2. The molecule has 0 aliphatic heterocycles. The van der Waals surface area contributed by atoms with Gasteiger partial charge in [0.2, 0.25) is 5.95 Å². The second-order valence-electron chi connectivity index (χ2n) is 12.5. The quantitative estimate of drug-likeness (QED) is 0.198. The summed E-state index contributed by atoms with van der Waals surface area (Å²) in [6.45, 7) is 0. The molecule has 0 amide bonds. The highest BCUT2D eigenvalue weighted by atomic mass is 15.2. The topological polar surface area (TPSA) is 35.6 Å². The Hall–Kier alpha value is -6.26. The Kier molecular flexibility index (Phi) is 5.97. The van der Waals surface area contributed by atoms with Crippen LogP contribution in [0.5, 0.6) is 0 Å². The number of para-hydroxylation sites is 3. The van der Waals surface area contributed by atoms with Gasteiger partial charge in [-0.25, -0.2) is 9.97 Å². The van der Waals surface area contributed by atoms with Crippen LogP contribution in [0.1, 0.15) is 12.8 Å². The van der Waals surface area contributed by atoms with Crippen molar-refractivity contribution in [1.82, 2.24) is 19.1 Å². The summed E-state index contributed by atoms with van der Waals surface area (Å²) in [6.07, 6.45) is 9.07. The number of nitrogens with zero attached hydrogens (tertiary/aromatic N) is 4. The predicted octanol–water partition coefficient (Wildman–Crippen LogP) is 11.4. The molecule has 0 unspecified atom stereocenters. The van der Waals surface area contributed by atoms with E-state index in [4.69, 9.17) is 9.97 Å². The molecule has 0 spiro atoms. The van der Waals surface area contributed by atoms with Crippen LogP contribution in [0.15, 0.2) is 158 Å². The van der Waals surface area contributed by atoms with Crippen LogP contribution in [0.3, 0.4) is 0 Å². The lowest BCUT2D eigenvalue weighted by Gasteiger charge is -2.12. The van der Waals surface area contributed by atoms with Crippen LogP contribution in [0, 0.1) is 0 Å². The molecular formula is C44H30N4. The van der Waals surface area contributed by atoms with Crippen molar-refractivity contribution >= 4 is 60.2 Å². The number of benzene rings is 6. The van der Waals surface area contributed by atoms with E-state index in [2.05, 4.69) is 155 Å². The van der Waals surface area contributed by atoms with Crippen LogP contribution in [0.2, 0.25) is 0 Å². The van der Waals surface area contributed by atoms with Gasteiger partial charge in [-0.2, -0.15) is 0 Å². The van der Waals surface area contributed by atoms with Crippen molar-refractivity contribution in [3.05, 3.63) is 158 Å². The second kappa shape index (κ2) is 10.6. The summed E-state index contributed by atoms with van der Waals surface area (Å²) in [5, 5.41) is 5.95. The van der Waals surface area contributed by atoms with E-state index in [1.165, 1.54) is 49.4 Å². The highest BCUT2D eigenvalue weighted by Gasteiger charge is 2.19. The molecule has 48 heavy (non-hydrogen) atoms. The maximum atomic E-state index is 5.24. The Balaban J connectivity index is 1.18. The molecule has 4 nitrogen and oxygen atoms in total. The molecule has 1 aliphatic rings. The third-order valence-corrected chi connectivity index (χ3v) is 9.75. The zero-order valence-corrected chi connectivity index (χ0v) is 26.2. The molecule has 6 aromatic carbocycles. The first-order chi connectivity index (χ1) is 23.8. The first-order valence-corrected chi connectivity index (χ1v) is 16.6. The van der Waals surface area contributed by atoms with E-state index >= 15 is 0 Å². The summed E-state index contributed by atoms with van der Waals surface area (Å²) in [7, 11) is 0. The molecule has 0 saturated carbocycles. The van der Waals surface area contributed by atoms with Gasteiger partial charge in [0.1, 0.15) is 0 Å². The first-order valence-electron chi connectivity index (χ1n) is 16.6. The molecule has 0 N–H and O–H groups in total. The minimum atomic E-state index is 0.673. The smallest absolute Gasteiger partial charge is 0.235 e. The van der Waals surface area contributed by atoms with E-state index in [9.17, 15) is 0 Å². The molecule has 0 saturated heterocycles. The third-order valence-electron chi connectivity index (χ3n) is 9.75. The summed E-state index contributed by atoms with van der Waals surface area (Å²) in [5.41, 5.74) is 11.2. The van der Waals surface area contributed by atoms with Crippen LogP contribution in [0.25, 0.3) is 88.5 Å². The van der Waals surface area contributed by atoms with Crippen LogP contribution in [0.4, 0.5) is 0 Å². The largest absolute Gasteiger partial charge is 0.310 e. The lowest BCUT2D eigenvalue weighted by Crippen LogP contribution is -2.03. The number of fused-ring (bicyclic) bond motifs is 7. The van der Waals surface area contributed by atoms with Crippen LogP contribution in [-0.2, 0) is 0 Å². The Bertz CT molecular complexity index is 2780. The van der Waals surface area contributed by atoms with Crippen molar-refractivity contribution in [2.45, 2.75) is 12.8 Å². The molecule has 3 aromatic heterocycles. The summed E-state index contributed by atoms with van der Waals surface area (Å²) in [6, 6.07) is 49.8. The predicted molar refractivity (Wildman–Crippen MR) is 200 cm³/mol. The molecule has 0 radical (unpaired) electrons. The average molecular weight is 615 g/mol. The van der Waals surface area contributed by atoms with Gasteiger partial charge in [0.25, 0.3) is 0 Å². The van der Waals surface area contributed by atoms with Gasteiger partial charge < -0.3 is 4.57 Å². The molecule has 0 bridgehead atoms. The van der Waals surface area contributed by atoms with Crippen molar-refractivity contribution in [1.29, 1.82) is 0 Å². The number of aromatic nitrogens is 4. The normalized spacial score (nSPS) is 13.3. The second-order valence-corrected chi connectivity index (χ2v) is 12.5. The Morgan fingerprint density at radius 1 is 0.438 bits per heavy atom. The molecule has 3 heterocycles. The van der Waals surface area contributed by atoms with Gasteiger partial charge in [-0.05, 0) is 72.5 Å². The molecule has 226 valence electrons. The lowest BCUT2D eigenvalue weighted by atomic mass is 10.0. The fraction of sp³-hybridized carbons (Fsp3) is 0.0455. The number of allylic oxidation sites excluding steroid dienone is 4. The minimum absolute atomic E-state index is 0.673. The first kappa shape index (κ1) is 26.9. The lowest BCUT2D eigenvalue weighted by molar-refractivity contribution is 1.01. The molecule has 1 aliphatic carbocycles. The van der Waals surface area contributed by atoms with E-state index in [1.54, 1.807) is 0 Å². The average Bonchev–Trinajstić information content (AvgIpc) is 3.67.